The lowest BCUT2D eigenvalue weighted by Gasteiger charge is -2.14. The van der Waals surface area contributed by atoms with E-state index in [-0.39, 0.29) is 5.91 Å². The molecule has 0 fully saturated rings. The predicted molar refractivity (Wildman–Crippen MR) is 92.4 cm³/mol. The molecule has 0 aliphatic heterocycles. The summed E-state index contributed by atoms with van der Waals surface area (Å²) in [6.07, 6.45) is 0. The van der Waals surface area contributed by atoms with Crippen LogP contribution < -0.4 is 5.32 Å². The molecule has 3 aromatic rings. The topological polar surface area (TPSA) is 42.0 Å². The van der Waals surface area contributed by atoms with Crippen LogP contribution in [0, 0.1) is 18.6 Å². The zero-order chi connectivity index (χ0) is 17.3. The van der Waals surface area contributed by atoms with Crippen molar-refractivity contribution in [3.05, 3.63) is 62.8 Å². The third-order valence-electron chi connectivity index (χ3n) is 3.56. The van der Waals surface area contributed by atoms with Crippen LogP contribution in [0.3, 0.4) is 0 Å². The van der Waals surface area contributed by atoms with E-state index in [1.165, 1.54) is 17.4 Å². The molecule has 7 heteroatoms. The highest BCUT2D eigenvalue weighted by molar-refractivity contribution is 7.17. The lowest BCUT2D eigenvalue weighted by atomic mass is 10.1. The Kier molecular flexibility index (Phi) is 4.73. The molecule has 0 saturated carbocycles. The number of carbonyl (C=O) groups excluding carboxylic acids is 1. The molecule has 1 aromatic carbocycles. The summed E-state index contributed by atoms with van der Waals surface area (Å²) < 4.78 is 26.3. The molecule has 2 aromatic heterocycles. The van der Waals surface area contributed by atoms with Crippen LogP contribution in [0.1, 0.15) is 33.9 Å². The van der Waals surface area contributed by atoms with Gasteiger partial charge in [-0.1, -0.05) is 6.07 Å². The summed E-state index contributed by atoms with van der Waals surface area (Å²) in [5.74, 6) is -2.11. The van der Waals surface area contributed by atoms with Gasteiger partial charge in [0.1, 0.15) is 9.88 Å². The van der Waals surface area contributed by atoms with E-state index in [1.54, 1.807) is 25.2 Å². The highest BCUT2D eigenvalue weighted by Gasteiger charge is 2.19. The number of amides is 1. The number of rotatable bonds is 4. The monoisotopic (exact) mass is 364 g/mol. The van der Waals surface area contributed by atoms with Gasteiger partial charge in [-0.2, -0.15) is 11.3 Å². The summed E-state index contributed by atoms with van der Waals surface area (Å²) in [7, 11) is 0. The Bertz CT molecular complexity index is 875. The standard InChI is InChI=1S/C17H14F2N2OS2/c1-9(11-3-4-13(18)14(19)7-11)20-16(22)15-10(2)21-17(24-15)12-5-6-23-8-12/h3-9H,1-2H3,(H,20,22)/t9-/m0/s1. The fourth-order valence-corrected chi connectivity index (χ4v) is 3.92. The first kappa shape index (κ1) is 16.7. The van der Waals surface area contributed by atoms with Crippen LogP contribution in [-0.4, -0.2) is 10.9 Å². The van der Waals surface area contributed by atoms with Crippen molar-refractivity contribution >= 4 is 28.6 Å². The molecule has 0 saturated heterocycles. The van der Waals surface area contributed by atoms with Crippen LogP contribution in [0.15, 0.2) is 35.0 Å². The molecule has 0 radical (unpaired) electrons. The Morgan fingerprint density at radius 3 is 2.71 bits per heavy atom. The molecular weight excluding hydrogens is 350 g/mol. The van der Waals surface area contributed by atoms with Gasteiger partial charge < -0.3 is 5.32 Å². The zero-order valence-electron chi connectivity index (χ0n) is 13.0. The average Bonchev–Trinajstić information content (AvgIpc) is 3.19. The van der Waals surface area contributed by atoms with Gasteiger partial charge in [-0.15, -0.1) is 11.3 Å². The van der Waals surface area contributed by atoms with Gasteiger partial charge in [-0.05, 0) is 43.0 Å². The number of thiophene rings is 1. The Labute approximate surface area is 146 Å². The number of hydrogen-bond acceptors (Lipinski definition) is 4. The average molecular weight is 364 g/mol. The Balaban J connectivity index is 1.78. The Morgan fingerprint density at radius 2 is 2.04 bits per heavy atom. The van der Waals surface area contributed by atoms with Crippen molar-refractivity contribution in [1.29, 1.82) is 0 Å². The van der Waals surface area contributed by atoms with Crippen LogP contribution in [0.5, 0.6) is 0 Å². The molecule has 3 rings (SSSR count). The number of carbonyl (C=O) groups is 1. The van der Waals surface area contributed by atoms with Crippen molar-refractivity contribution in [3.63, 3.8) is 0 Å². The number of nitrogens with zero attached hydrogens (tertiary/aromatic N) is 1. The van der Waals surface area contributed by atoms with E-state index in [9.17, 15) is 13.6 Å². The van der Waals surface area contributed by atoms with Crippen LogP contribution in [0.4, 0.5) is 8.78 Å². The van der Waals surface area contributed by atoms with E-state index in [1.807, 2.05) is 16.8 Å². The number of benzene rings is 1. The first-order chi connectivity index (χ1) is 11.5. The Hall–Kier alpha value is -2.12. The second kappa shape index (κ2) is 6.78. The number of halogens is 2. The summed E-state index contributed by atoms with van der Waals surface area (Å²) in [6.45, 7) is 3.50. The van der Waals surface area contributed by atoms with Gasteiger partial charge in [0.15, 0.2) is 11.6 Å². The van der Waals surface area contributed by atoms with Crippen molar-refractivity contribution in [1.82, 2.24) is 10.3 Å². The highest BCUT2D eigenvalue weighted by Crippen LogP contribution is 2.29. The minimum absolute atomic E-state index is 0.274. The molecule has 1 amide bonds. The molecule has 0 aliphatic rings. The number of aromatic nitrogens is 1. The molecule has 0 bridgehead atoms. The molecule has 1 N–H and O–H groups in total. The second-order valence-electron chi connectivity index (χ2n) is 5.31. The normalized spacial score (nSPS) is 12.2. The molecule has 0 aliphatic carbocycles. The third-order valence-corrected chi connectivity index (χ3v) is 5.45. The van der Waals surface area contributed by atoms with Gasteiger partial charge in [0.25, 0.3) is 5.91 Å². The second-order valence-corrected chi connectivity index (χ2v) is 7.09. The summed E-state index contributed by atoms with van der Waals surface area (Å²) in [5.41, 5.74) is 2.14. The van der Waals surface area contributed by atoms with Crippen molar-refractivity contribution in [2.45, 2.75) is 19.9 Å². The van der Waals surface area contributed by atoms with E-state index >= 15 is 0 Å². The van der Waals surface area contributed by atoms with Crippen LogP contribution in [-0.2, 0) is 0 Å². The van der Waals surface area contributed by atoms with Gasteiger partial charge in [-0.25, -0.2) is 13.8 Å². The summed E-state index contributed by atoms with van der Waals surface area (Å²) >= 11 is 2.89. The minimum Gasteiger partial charge on any atom is -0.345 e. The third kappa shape index (κ3) is 3.37. The summed E-state index contributed by atoms with van der Waals surface area (Å²) in [4.78, 5) is 17.4. The largest absolute Gasteiger partial charge is 0.345 e. The zero-order valence-corrected chi connectivity index (χ0v) is 14.6. The molecule has 3 nitrogen and oxygen atoms in total. The number of nitrogens with one attached hydrogen (secondary N) is 1. The maximum Gasteiger partial charge on any atom is 0.263 e. The van der Waals surface area contributed by atoms with Gasteiger partial charge in [0, 0.05) is 10.9 Å². The van der Waals surface area contributed by atoms with Crippen LogP contribution >= 0.6 is 22.7 Å². The predicted octanol–water partition coefficient (Wildman–Crippen LogP) is 4.95. The number of aryl methyl sites for hydroxylation is 1. The van der Waals surface area contributed by atoms with Crippen molar-refractivity contribution in [3.8, 4) is 10.6 Å². The van der Waals surface area contributed by atoms with E-state index in [2.05, 4.69) is 10.3 Å². The lowest BCUT2D eigenvalue weighted by molar-refractivity contribution is 0.0943. The minimum atomic E-state index is -0.928. The molecule has 2 heterocycles. The maximum atomic E-state index is 13.3. The molecule has 124 valence electrons. The highest BCUT2D eigenvalue weighted by atomic mass is 32.1. The van der Waals surface area contributed by atoms with Crippen molar-refractivity contribution < 1.29 is 13.6 Å². The van der Waals surface area contributed by atoms with Crippen LogP contribution in [0.25, 0.3) is 10.6 Å². The Morgan fingerprint density at radius 1 is 1.25 bits per heavy atom. The SMILES string of the molecule is Cc1nc(-c2ccsc2)sc1C(=O)N[C@@H](C)c1ccc(F)c(F)c1. The lowest BCUT2D eigenvalue weighted by Crippen LogP contribution is -2.26. The summed E-state index contributed by atoms with van der Waals surface area (Å²) in [6, 6.07) is 5.11. The molecule has 24 heavy (non-hydrogen) atoms. The summed E-state index contributed by atoms with van der Waals surface area (Å²) in [5, 5.41) is 7.53. The smallest absolute Gasteiger partial charge is 0.263 e. The maximum absolute atomic E-state index is 13.3. The van der Waals surface area contributed by atoms with Crippen LogP contribution in [0.2, 0.25) is 0 Å². The number of thiazole rings is 1. The molecule has 0 spiro atoms. The van der Waals surface area contributed by atoms with Crippen molar-refractivity contribution in [2.75, 3.05) is 0 Å². The molecule has 1 atom stereocenters. The van der Waals surface area contributed by atoms with E-state index in [0.29, 0.717) is 16.1 Å². The van der Waals surface area contributed by atoms with E-state index in [4.69, 9.17) is 0 Å². The number of hydrogen-bond donors (Lipinski definition) is 1. The quantitative estimate of drug-likeness (QED) is 0.712. The van der Waals surface area contributed by atoms with Gasteiger partial charge >= 0.3 is 0 Å². The van der Waals surface area contributed by atoms with Crippen molar-refractivity contribution in [2.24, 2.45) is 0 Å². The van der Waals surface area contributed by atoms with E-state index < -0.39 is 17.7 Å². The van der Waals surface area contributed by atoms with Gasteiger partial charge in [0.05, 0.1) is 11.7 Å². The van der Waals surface area contributed by atoms with E-state index in [0.717, 1.165) is 22.7 Å². The first-order valence-corrected chi connectivity index (χ1v) is 8.97. The molecular formula is C17H14F2N2OS2. The molecule has 0 unspecified atom stereocenters. The van der Waals surface area contributed by atoms with Gasteiger partial charge in [0.2, 0.25) is 0 Å². The fourth-order valence-electron chi connectivity index (χ4n) is 2.24. The van der Waals surface area contributed by atoms with Gasteiger partial charge in [-0.3, -0.25) is 4.79 Å². The first-order valence-electron chi connectivity index (χ1n) is 7.21. The fraction of sp³-hybridized carbons (Fsp3) is 0.176.